The van der Waals surface area contributed by atoms with Crippen molar-refractivity contribution in [3.8, 4) is 11.1 Å². The zero-order chi connectivity index (χ0) is 26.1. The molecule has 37 heavy (non-hydrogen) atoms. The van der Waals surface area contributed by atoms with Gasteiger partial charge in [0.1, 0.15) is 11.5 Å². The van der Waals surface area contributed by atoms with Crippen LogP contribution in [-0.2, 0) is 6.42 Å². The van der Waals surface area contributed by atoms with Crippen molar-refractivity contribution in [3.63, 3.8) is 0 Å². The van der Waals surface area contributed by atoms with E-state index in [2.05, 4.69) is 14.9 Å². The molecule has 188 valence electrons. The third-order valence-corrected chi connectivity index (χ3v) is 6.71. The molecule has 0 unspecified atom stereocenters. The van der Waals surface area contributed by atoms with Gasteiger partial charge in [0, 0.05) is 65.7 Å². The zero-order valence-corrected chi connectivity index (χ0v) is 20.2. The van der Waals surface area contributed by atoms with Gasteiger partial charge in [-0.05, 0) is 48.7 Å². The summed E-state index contributed by atoms with van der Waals surface area (Å²) in [6, 6.07) is 12.8. The van der Waals surface area contributed by atoms with Crippen LogP contribution in [0.4, 0.5) is 15.8 Å². The van der Waals surface area contributed by atoms with Gasteiger partial charge in [0.15, 0.2) is 5.78 Å². The number of ketones is 1. The molecule has 0 saturated carbocycles. The molecule has 1 aliphatic rings. The Kier molecular flexibility index (Phi) is 6.54. The van der Waals surface area contributed by atoms with Gasteiger partial charge in [-0.15, -0.1) is 0 Å². The van der Waals surface area contributed by atoms with Gasteiger partial charge in [-0.25, -0.2) is 9.37 Å². The lowest BCUT2D eigenvalue weighted by molar-refractivity contribution is 0.0985. The Hall–Kier alpha value is -4.37. The lowest BCUT2D eigenvalue weighted by atomic mass is 9.97. The van der Waals surface area contributed by atoms with Crippen molar-refractivity contribution in [2.75, 3.05) is 23.7 Å². The molecule has 1 fully saturated rings. The normalized spacial score (nSPS) is 15.6. The third-order valence-electron chi connectivity index (χ3n) is 6.71. The van der Waals surface area contributed by atoms with Crippen molar-refractivity contribution < 1.29 is 14.0 Å². The maximum absolute atomic E-state index is 14.7. The summed E-state index contributed by atoms with van der Waals surface area (Å²) in [6.07, 6.45) is 5.42. The second-order valence-electron chi connectivity index (χ2n) is 9.31. The van der Waals surface area contributed by atoms with Gasteiger partial charge >= 0.3 is 0 Å². The fourth-order valence-corrected chi connectivity index (χ4v) is 4.94. The second-order valence-corrected chi connectivity index (χ2v) is 9.31. The van der Waals surface area contributed by atoms with Crippen LogP contribution in [0, 0.1) is 5.82 Å². The number of piperidine rings is 1. The van der Waals surface area contributed by atoms with Gasteiger partial charge in [-0.1, -0.05) is 18.2 Å². The number of primary amides is 1. The monoisotopic (exact) mass is 498 g/mol. The molecule has 6 N–H and O–H groups in total. The Morgan fingerprint density at radius 1 is 1.14 bits per heavy atom. The number of Topliss-reactive ketones (excluding diaryl/α,β-unsaturated/α-hetero) is 1. The number of rotatable bonds is 6. The average molecular weight is 499 g/mol. The number of halogens is 1. The van der Waals surface area contributed by atoms with E-state index in [9.17, 15) is 14.0 Å². The molecule has 4 aromatic rings. The molecule has 1 aliphatic heterocycles. The lowest BCUT2D eigenvalue weighted by Gasteiger charge is -2.33. The van der Waals surface area contributed by atoms with Crippen LogP contribution in [0.15, 0.2) is 60.9 Å². The van der Waals surface area contributed by atoms with Crippen LogP contribution in [0.25, 0.3) is 22.0 Å². The van der Waals surface area contributed by atoms with Gasteiger partial charge in [0.05, 0.1) is 11.2 Å². The minimum atomic E-state index is -0.738. The number of pyridine rings is 2. The van der Waals surface area contributed by atoms with Gasteiger partial charge in [0.2, 0.25) is 5.91 Å². The van der Waals surface area contributed by atoms with E-state index in [1.54, 1.807) is 36.7 Å². The van der Waals surface area contributed by atoms with Crippen molar-refractivity contribution in [1.82, 2.24) is 9.97 Å². The second kappa shape index (κ2) is 9.94. The van der Waals surface area contributed by atoms with Gasteiger partial charge in [0.25, 0.3) is 0 Å². The van der Waals surface area contributed by atoms with Crippen LogP contribution in [0.1, 0.15) is 39.3 Å². The fraction of sp³-hybridized carbons (Fsp3) is 0.214. The van der Waals surface area contributed by atoms with Gasteiger partial charge in [-0.2, -0.15) is 0 Å². The van der Waals surface area contributed by atoms with Crippen LogP contribution in [0.5, 0.6) is 0 Å². The molecule has 9 heteroatoms. The van der Waals surface area contributed by atoms with E-state index in [-0.39, 0.29) is 40.8 Å². The van der Waals surface area contributed by atoms with Crippen molar-refractivity contribution in [2.45, 2.75) is 25.3 Å². The average Bonchev–Trinajstić information content (AvgIpc) is 2.88. The molecule has 3 heterocycles. The van der Waals surface area contributed by atoms with E-state index < -0.39 is 11.7 Å². The Bertz CT molecular complexity index is 1520. The highest BCUT2D eigenvalue weighted by Gasteiger charge is 2.22. The van der Waals surface area contributed by atoms with Crippen molar-refractivity contribution in [1.29, 1.82) is 0 Å². The summed E-state index contributed by atoms with van der Waals surface area (Å²) in [4.78, 5) is 36.2. The number of amides is 1. The van der Waals surface area contributed by atoms with Crippen LogP contribution >= 0.6 is 0 Å². The van der Waals surface area contributed by atoms with E-state index in [4.69, 9.17) is 17.2 Å². The van der Waals surface area contributed by atoms with E-state index in [1.807, 2.05) is 6.07 Å². The predicted molar refractivity (Wildman–Crippen MR) is 142 cm³/mol. The summed E-state index contributed by atoms with van der Waals surface area (Å²) in [5.74, 6) is -1.58. The highest BCUT2D eigenvalue weighted by atomic mass is 19.1. The number of carbonyl (C=O) groups is 2. The highest BCUT2D eigenvalue weighted by molar-refractivity contribution is 6.04. The number of aromatic nitrogens is 2. The summed E-state index contributed by atoms with van der Waals surface area (Å²) < 4.78 is 14.7. The first-order chi connectivity index (χ1) is 17.8. The Morgan fingerprint density at radius 2 is 1.97 bits per heavy atom. The Balaban J connectivity index is 1.50. The van der Waals surface area contributed by atoms with Crippen molar-refractivity contribution in [3.05, 3.63) is 83.6 Å². The number of hydrogen-bond donors (Lipinski definition) is 3. The molecule has 8 nitrogen and oxygen atoms in total. The van der Waals surface area contributed by atoms with E-state index in [1.165, 1.54) is 18.2 Å². The summed E-state index contributed by atoms with van der Waals surface area (Å²) in [5, 5.41) is 0.680. The SMILES string of the molecule is NC(=O)c1cccc(F)c1-c1ccc2cc(N)c(C(=O)Cc3cnccc3N3CCC[C@H](N)C3)nc2c1. The minimum absolute atomic E-state index is 0.0626. The first-order valence-corrected chi connectivity index (χ1v) is 12.1. The molecule has 0 radical (unpaired) electrons. The number of hydrogen-bond acceptors (Lipinski definition) is 7. The minimum Gasteiger partial charge on any atom is -0.397 e. The Labute approximate surface area is 213 Å². The smallest absolute Gasteiger partial charge is 0.249 e. The molecule has 5 rings (SSSR count). The Morgan fingerprint density at radius 3 is 2.76 bits per heavy atom. The number of nitrogens with zero attached hydrogens (tertiary/aromatic N) is 3. The molecule has 2 aromatic heterocycles. The number of fused-ring (bicyclic) bond motifs is 1. The molecule has 0 aliphatic carbocycles. The fourth-order valence-electron chi connectivity index (χ4n) is 4.94. The van der Waals surface area contributed by atoms with E-state index >= 15 is 0 Å². The molecule has 0 bridgehead atoms. The van der Waals surface area contributed by atoms with Gasteiger partial charge < -0.3 is 22.1 Å². The summed E-state index contributed by atoms with van der Waals surface area (Å²) in [7, 11) is 0. The van der Waals surface area contributed by atoms with Crippen LogP contribution in [0.2, 0.25) is 0 Å². The lowest BCUT2D eigenvalue weighted by Crippen LogP contribution is -2.43. The molecular formula is C28H27FN6O2. The number of nitrogen functional groups attached to an aromatic ring is 1. The molecule has 1 saturated heterocycles. The third kappa shape index (κ3) is 4.85. The zero-order valence-electron chi connectivity index (χ0n) is 20.2. The summed E-state index contributed by atoms with van der Waals surface area (Å²) >= 11 is 0. The molecular weight excluding hydrogens is 471 g/mol. The highest BCUT2D eigenvalue weighted by Crippen LogP contribution is 2.31. The standard InChI is InChI=1S/C28H27FN6O2/c29-21-5-1-4-20(28(32)37)26(21)17-7-6-16-11-22(31)27(34-23(16)12-17)25(36)13-18-14-33-9-8-24(18)35-10-2-3-19(30)15-35/h1,4-9,11-12,14,19H,2-3,10,13,15,30-31H2,(H2,32,37)/t19-/m0/s1. The number of benzene rings is 2. The predicted octanol–water partition coefficient (Wildman–Crippen LogP) is 3.47. The molecule has 1 atom stereocenters. The maximum Gasteiger partial charge on any atom is 0.249 e. The van der Waals surface area contributed by atoms with Crippen molar-refractivity contribution >= 4 is 34.0 Å². The first kappa shape index (κ1) is 24.3. The van der Waals surface area contributed by atoms with Crippen LogP contribution in [-0.4, -0.2) is 40.8 Å². The molecule has 1 amide bonds. The molecule has 2 aromatic carbocycles. The number of anilines is 2. The van der Waals surface area contributed by atoms with E-state index in [0.29, 0.717) is 23.0 Å². The van der Waals surface area contributed by atoms with Gasteiger partial charge in [-0.3, -0.25) is 14.6 Å². The quantitative estimate of drug-likeness (QED) is 0.346. The molecule has 0 spiro atoms. The summed E-state index contributed by atoms with van der Waals surface area (Å²) in [5.41, 5.74) is 21.0. The number of nitrogens with two attached hydrogens (primary N) is 3. The number of carbonyl (C=O) groups excluding carboxylic acids is 2. The topological polar surface area (TPSA) is 141 Å². The van der Waals surface area contributed by atoms with E-state index in [0.717, 1.165) is 30.6 Å². The van der Waals surface area contributed by atoms with Crippen LogP contribution in [0.3, 0.4) is 0 Å². The largest absolute Gasteiger partial charge is 0.397 e. The first-order valence-electron chi connectivity index (χ1n) is 12.1. The summed E-state index contributed by atoms with van der Waals surface area (Å²) in [6.45, 7) is 1.58. The van der Waals surface area contributed by atoms with Crippen molar-refractivity contribution in [2.24, 2.45) is 11.5 Å². The maximum atomic E-state index is 14.7. The van der Waals surface area contributed by atoms with Crippen LogP contribution < -0.4 is 22.1 Å².